The standard InChI is InChI=1S/C11H17N3O3S/c1-3-4-11(2,9(16)17)13-7-8(15)14-10-12-5-6-18-10/h5-6,13H,3-4,7H2,1-2H3,(H,16,17)(H,12,14,15). The molecule has 100 valence electrons. The van der Waals surface area contributed by atoms with Gasteiger partial charge in [0.05, 0.1) is 6.54 Å². The maximum Gasteiger partial charge on any atom is 0.323 e. The summed E-state index contributed by atoms with van der Waals surface area (Å²) in [5.41, 5.74) is -1.07. The molecule has 0 fully saturated rings. The number of thiazole rings is 1. The summed E-state index contributed by atoms with van der Waals surface area (Å²) >= 11 is 1.31. The van der Waals surface area contributed by atoms with E-state index in [4.69, 9.17) is 5.11 Å². The quantitative estimate of drug-likeness (QED) is 0.695. The van der Waals surface area contributed by atoms with Gasteiger partial charge in [-0.15, -0.1) is 11.3 Å². The molecule has 0 aliphatic carbocycles. The highest BCUT2D eigenvalue weighted by Gasteiger charge is 2.31. The Morgan fingerprint density at radius 2 is 2.28 bits per heavy atom. The lowest BCUT2D eigenvalue weighted by molar-refractivity contribution is -0.144. The van der Waals surface area contributed by atoms with Gasteiger partial charge in [0.2, 0.25) is 5.91 Å². The Hall–Kier alpha value is -1.47. The second kappa shape index (κ2) is 6.46. The Bertz CT molecular complexity index is 408. The lowest BCUT2D eigenvalue weighted by atomic mass is 9.96. The fourth-order valence-electron chi connectivity index (χ4n) is 1.49. The van der Waals surface area contributed by atoms with Gasteiger partial charge < -0.3 is 10.4 Å². The molecule has 3 N–H and O–H groups in total. The van der Waals surface area contributed by atoms with Gasteiger partial charge in [-0.05, 0) is 13.3 Å². The fourth-order valence-corrected chi connectivity index (χ4v) is 2.04. The summed E-state index contributed by atoms with van der Waals surface area (Å²) < 4.78 is 0. The summed E-state index contributed by atoms with van der Waals surface area (Å²) in [5, 5.41) is 16.8. The zero-order chi connectivity index (χ0) is 13.6. The highest BCUT2D eigenvalue weighted by molar-refractivity contribution is 7.13. The number of hydrogen-bond donors (Lipinski definition) is 3. The summed E-state index contributed by atoms with van der Waals surface area (Å²) in [4.78, 5) is 26.6. The summed E-state index contributed by atoms with van der Waals surface area (Å²) in [6, 6.07) is 0. The van der Waals surface area contributed by atoms with Gasteiger partial charge >= 0.3 is 5.97 Å². The van der Waals surface area contributed by atoms with Gasteiger partial charge in [-0.2, -0.15) is 0 Å². The second-order valence-electron chi connectivity index (χ2n) is 4.13. The molecule has 1 aromatic heterocycles. The predicted octanol–water partition coefficient (Wildman–Crippen LogP) is 1.31. The van der Waals surface area contributed by atoms with Gasteiger partial charge in [-0.1, -0.05) is 13.3 Å². The first-order valence-corrected chi connectivity index (χ1v) is 6.53. The minimum absolute atomic E-state index is 0.0532. The van der Waals surface area contributed by atoms with Crippen molar-refractivity contribution in [2.75, 3.05) is 11.9 Å². The molecule has 1 amide bonds. The van der Waals surface area contributed by atoms with Crippen molar-refractivity contribution in [1.82, 2.24) is 10.3 Å². The molecule has 0 saturated heterocycles. The van der Waals surface area contributed by atoms with Crippen LogP contribution in [0.2, 0.25) is 0 Å². The van der Waals surface area contributed by atoms with E-state index in [1.54, 1.807) is 18.5 Å². The van der Waals surface area contributed by atoms with E-state index in [0.29, 0.717) is 11.6 Å². The molecule has 0 bridgehead atoms. The second-order valence-corrected chi connectivity index (χ2v) is 5.02. The van der Waals surface area contributed by atoms with E-state index in [1.807, 2.05) is 6.92 Å². The number of hydrogen-bond acceptors (Lipinski definition) is 5. The van der Waals surface area contributed by atoms with Gasteiger partial charge in [0.15, 0.2) is 5.13 Å². The molecule has 0 aromatic carbocycles. The van der Waals surface area contributed by atoms with Gasteiger partial charge in [-0.25, -0.2) is 4.98 Å². The van der Waals surface area contributed by atoms with Crippen LogP contribution in [0.1, 0.15) is 26.7 Å². The Morgan fingerprint density at radius 1 is 1.56 bits per heavy atom. The van der Waals surface area contributed by atoms with Crippen LogP contribution in [-0.4, -0.2) is 34.1 Å². The van der Waals surface area contributed by atoms with Crippen molar-refractivity contribution in [2.24, 2.45) is 0 Å². The zero-order valence-electron chi connectivity index (χ0n) is 10.4. The first-order valence-electron chi connectivity index (χ1n) is 5.65. The van der Waals surface area contributed by atoms with Crippen molar-refractivity contribution in [1.29, 1.82) is 0 Å². The minimum Gasteiger partial charge on any atom is -0.480 e. The van der Waals surface area contributed by atoms with Crippen molar-refractivity contribution < 1.29 is 14.7 Å². The third kappa shape index (κ3) is 4.08. The van der Waals surface area contributed by atoms with E-state index < -0.39 is 11.5 Å². The Balaban J connectivity index is 2.47. The normalized spacial score (nSPS) is 13.9. The molecule has 1 atom stereocenters. The SMILES string of the molecule is CCCC(C)(NCC(=O)Nc1nccs1)C(=O)O. The number of carbonyl (C=O) groups excluding carboxylic acids is 1. The Morgan fingerprint density at radius 3 is 2.78 bits per heavy atom. The highest BCUT2D eigenvalue weighted by atomic mass is 32.1. The number of nitrogens with one attached hydrogen (secondary N) is 2. The number of nitrogens with zero attached hydrogens (tertiary/aromatic N) is 1. The van der Waals surface area contributed by atoms with E-state index in [1.165, 1.54) is 11.3 Å². The third-order valence-corrected chi connectivity index (χ3v) is 3.23. The van der Waals surface area contributed by atoms with Crippen LogP contribution in [0, 0.1) is 0 Å². The van der Waals surface area contributed by atoms with E-state index in [-0.39, 0.29) is 12.5 Å². The van der Waals surface area contributed by atoms with Gasteiger partial charge in [0.25, 0.3) is 0 Å². The number of carboxylic acid groups (broad SMARTS) is 1. The molecule has 0 aliphatic rings. The molecule has 1 rings (SSSR count). The van der Waals surface area contributed by atoms with Crippen molar-refractivity contribution in [3.63, 3.8) is 0 Å². The molecule has 0 spiro atoms. The van der Waals surface area contributed by atoms with Crippen molar-refractivity contribution in [2.45, 2.75) is 32.2 Å². The molecule has 0 saturated carbocycles. The van der Waals surface area contributed by atoms with Crippen LogP contribution in [0.5, 0.6) is 0 Å². The molecular weight excluding hydrogens is 254 g/mol. The summed E-state index contributed by atoms with van der Waals surface area (Å²) in [5.74, 6) is -1.25. The minimum atomic E-state index is -1.07. The summed E-state index contributed by atoms with van der Waals surface area (Å²) in [7, 11) is 0. The number of aliphatic carboxylic acids is 1. The number of amides is 1. The smallest absolute Gasteiger partial charge is 0.323 e. The van der Waals surface area contributed by atoms with Crippen LogP contribution in [0.15, 0.2) is 11.6 Å². The van der Waals surface area contributed by atoms with Crippen LogP contribution in [-0.2, 0) is 9.59 Å². The Kier molecular flexibility index (Phi) is 5.24. The number of aromatic nitrogens is 1. The fraction of sp³-hybridized carbons (Fsp3) is 0.545. The monoisotopic (exact) mass is 271 g/mol. The average Bonchev–Trinajstić information content (AvgIpc) is 2.79. The van der Waals surface area contributed by atoms with Gasteiger partial charge in [0.1, 0.15) is 5.54 Å². The van der Waals surface area contributed by atoms with E-state index in [2.05, 4.69) is 15.6 Å². The first kappa shape index (κ1) is 14.6. The largest absolute Gasteiger partial charge is 0.480 e. The van der Waals surface area contributed by atoms with E-state index in [0.717, 1.165) is 6.42 Å². The molecule has 0 radical (unpaired) electrons. The van der Waals surface area contributed by atoms with Crippen LogP contribution >= 0.6 is 11.3 Å². The molecule has 1 aromatic rings. The predicted molar refractivity (Wildman–Crippen MR) is 69.7 cm³/mol. The summed E-state index contributed by atoms with van der Waals surface area (Å²) in [6.07, 6.45) is 2.78. The van der Waals surface area contributed by atoms with Crippen LogP contribution in [0.4, 0.5) is 5.13 Å². The van der Waals surface area contributed by atoms with Crippen LogP contribution in [0.25, 0.3) is 0 Å². The van der Waals surface area contributed by atoms with E-state index >= 15 is 0 Å². The van der Waals surface area contributed by atoms with Crippen LogP contribution in [0.3, 0.4) is 0 Å². The number of carbonyl (C=O) groups is 2. The van der Waals surface area contributed by atoms with Crippen molar-refractivity contribution in [3.05, 3.63) is 11.6 Å². The molecule has 7 heteroatoms. The van der Waals surface area contributed by atoms with Crippen molar-refractivity contribution in [3.8, 4) is 0 Å². The first-order chi connectivity index (χ1) is 8.48. The number of rotatable bonds is 7. The van der Waals surface area contributed by atoms with Gasteiger partial charge in [-0.3, -0.25) is 14.9 Å². The molecular formula is C11H17N3O3S. The average molecular weight is 271 g/mol. The maximum absolute atomic E-state index is 11.6. The lowest BCUT2D eigenvalue weighted by Gasteiger charge is -2.25. The highest BCUT2D eigenvalue weighted by Crippen LogP contribution is 2.13. The molecule has 6 nitrogen and oxygen atoms in total. The van der Waals surface area contributed by atoms with Gasteiger partial charge in [0, 0.05) is 11.6 Å². The van der Waals surface area contributed by atoms with Crippen molar-refractivity contribution >= 4 is 28.3 Å². The number of anilines is 1. The Labute approximate surface area is 109 Å². The topological polar surface area (TPSA) is 91.3 Å². The molecule has 18 heavy (non-hydrogen) atoms. The number of carboxylic acids is 1. The lowest BCUT2D eigenvalue weighted by Crippen LogP contribution is -2.51. The molecule has 0 aliphatic heterocycles. The third-order valence-electron chi connectivity index (χ3n) is 2.54. The van der Waals surface area contributed by atoms with E-state index in [9.17, 15) is 9.59 Å². The van der Waals surface area contributed by atoms with Crippen LogP contribution < -0.4 is 10.6 Å². The molecule has 1 heterocycles. The zero-order valence-corrected chi connectivity index (χ0v) is 11.2. The summed E-state index contributed by atoms with van der Waals surface area (Å²) in [6.45, 7) is 3.43. The molecule has 1 unspecified atom stereocenters. The maximum atomic E-state index is 11.6.